The molecular weight excluding hydrogens is 453 g/mol. The summed E-state index contributed by atoms with van der Waals surface area (Å²) in [6.45, 7) is 0.178. The Morgan fingerprint density at radius 1 is 1.06 bits per heavy atom. The fourth-order valence-electron chi connectivity index (χ4n) is 3.27. The number of hydrogen-bond acceptors (Lipinski definition) is 6. The van der Waals surface area contributed by atoms with Gasteiger partial charge in [0.05, 0.1) is 6.04 Å². The number of benzene rings is 2. The van der Waals surface area contributed by atoms with Crippen LogP contribution in [-0.4, -0.2) is 35.4 Å². The van der Waals surface area contributed by atoms with E-state index < -0.39 is 44.3 Å². The molecule has 2 heterocycles. The van der Waals surface area contributed by atoms with Crippen molar-refractivity contribution in [3.63, 3.8) is 0 Å². The first-order chi connectivity index (χ1) is 14.8. The summed E-state index contributed by atoms with van der Waals surface area (Å²) in [5, 5.41) is 10.3. The first-order valence-electron chi connectivity index (χ1n) is 9.13. The Balaban J connectivity index is 1.56. The normalized spacial score (nSPS) is 17.1. The van der Waals surface area contributed by atoms with Gasteiger partial charge in [-0.05, 0) is 37.1 Å². The van der Waals surface area contributed by atoms with Crippen LogP contribution in [-0.2, 0) is 10.0 Å². The number of sulfonamides is 1. The van der Waals surface area contributed by atoms with E-state index in [2.05, 4.69) is 15.5 Å². The van der Waals surface area contributed by atoms with Crippen LogP contribution in [0.4, 0.5) is 18.9 Å². The molecule has 4 rings (SSSR count). The second kappa shape index (κ2) is 8.36. The van der Waals surface area contributed by atoms with Gasteiger partial charge >= 0.3 is 0 Å². The Labute approximate surface area is 179 Å². The molecule has 1 amide bonds. The molecule has 1 N–H and O–H groups in total. The van der Waals surface area contributed by atoms with Gasteiger partial charge in [0.2, 0.25) is 15.0 Å². The molecule has 31 heavy (non-hydrogen) atoms. The third kappa shape index (κ3) is 4.18. The number of amides is 1. The van der Waals surface area contributed by atoms with Gasteiger partial charge < -0.3 is 5.32 Å². The maximum Gasteiger partial charge on any atom is 0.286 e. The lowest BCUT2D eigenvalue weighted by molar-refractivity contribution is 0.102. The Kier molecular flexibility index (Phi) is 5.77. The number of anilines is 1. The molecule has 162 valence electrons. The molecule has 1 atom stereocenters. The van der Waals surface area contributed by atoms with E-state index in [9.17, 15) is 26.4 Å². The average Bonchev–Trinajstić information content (AvgIpc) is 3.40. The molecule has 0 unspecified atom stereocenters. The summed E-state index contributed by atoms with van der Waals surface area (Å²) in [5.41, 5.74) is 0.0327. The van der Waals surface area contributed by atoms with Gasteiger partial charge in [0.15, 0.2) is 11.6 Å². The molecule has 0 spiro atoms. The number of rotatable bonds is 5. The van der Waals surface area contributed by atoms with Crippen molar-refractivity contribution in [2.24, 2.45) is 0 Å². The third-order valence-corrected chi connectivity index (χ3v) is 7.69. The van der Waals surface area contributed by atoms with Gasteiger partial charge in [-0.3, -0.25) is 4.79 Å². The molecule has 0 bridgehead atoms. The van der Waals surface area contributed by atoms with Crippen molar-refractivity contribution in [1.82, 2.24) is 14.5 Å². The summed E-state index contributed by atoms with van der Waals surface area (Å²) in [6.07, 6.45) is 0.974. The number of nitrogens with zero attached hydrogens (tertiary/aromatic N) is 3. The lowest BCUT2D eigenvalue weighted by Crippen LogP contribution is -2.31. The smallest absolute Gasteiger partial charge is 0.286 e. The molecular formula is C19H15F3N4O3S2. The minimum Gasteiger partial charge on any atom is -0.320 e. The predicted octanol–water partition coefficient (Wildman–Crippen LogP) is 3.73. The summed E-state index contributed by atoms with van der Waals surface area (Å²) in [6, 6.07) is 7.31. The van der Waals surface area contributed by atoms with Gasteiger partial charge in [0.1, 0.15) is 15.7 Å². The highest BCUT2D eigenvalue weighted by molar-refractivity contribution is 7.89. The van der Waals surface area contributed by atoms with Gasteiger partial charge in [-0.2, -0.15) is 4.31 Å². The van der Waals surface area contributed by atoms with Crippen LogP contribution in [0.3, 0.4) is 0 Å². The third-order valence-electron chi connectivity index (χ3n) is 4.72. The standard InChI is InChI=1S/C19H15F3N4O3S2/c20-12-8-7-11(10-14(12)22)23-17(27)19-25-24-18(30-19)15-5-3-9-26(15)31(28,29)16-6-2-1-4-13(16)21/h1-2,4,6-8,10,15H,3,5,9H2,(H,23,27)/t15-/m1/s1. The van der Waals surface area contributed by atoms with E-state index >= 15 is 0 Å². The summed E-state index contributed by atoms with van der Waals surface area (Å²) >= 11 is 0.882. The fraction of sp³-hybridized carbons (Fsp3) is 0.211. The lowest BCUT2D eigenvalue weighted by atomic mass is 10.2. The van der Waals surface area contributed by atoms with Crippen LogP contribution in [0.25, 0.3) is 0 Å². The van der Waals surface area contributed by atoms with Crippen molar-refractivity contribution in [3.05, 3.63) is 69.9 Å². The zero-order valence-corrected chi connectivity index (χ0v) is 17.4. The number of carbonyl (C=O) groups excluding carboxylic acids is 1. The summed E-state index contributed by atoms with van der Waals surface area (Å²) < 4.78 is 67.6. The van der Waals surface area contributed by atoms with Crippen molar-refractivity contribution >= 4 is 33.0 Å². The highest BCUT2D eigenvalue weighted by Gasteiger charge is 2.39. The van der Waals surface area contributed by atoms with Crippen LogP contribution in [0.5, 0.6) is 0 Å². The molecule has 1 saturated heterocycles. The van der Waals surface area contributed by atoms with Gasteiger partial charge in [-0.1, -0.05) is 23.5 Å². The second-order valence-electron chi connectivity index (χ2n) is 6.73. The summed E-state index contributed by atoms with van der Waals surface area (Å²) in [5.74, 6) is -3.71. The molecule has 12 heteroatoms. The first kappa shape index (κ1) is 21.4. The maximum absolute atomic E-state index is 14.1. The van der Waals surface area contributed by atoms with Crippen LogP contribution in [0.1, 0.15) is 33.7 Å². The lowest BCUT2D eigenvalue weighted by Gasteiger charge is -2.22. The largest absolute Gasteiger partial charge is 0.320 e. The number of hydrogen-bond donors (Lipinski definition) is 1. The Morgan fingerprint density at radius 2 is 1.84 bits per heavy atom. The summed E-state index contributed by atoms with van der Waals surface area (Å²) in [4.78, 5) is 12.0. The molecule has 1 aliphatic rings. The quantitative estimate of drug-likeness (QED) is 0.616. The zero-order chi connectivity index (χ0) is 22.2. The van der Waals surface area contributed by atoms with Crippen LogP contribution < -0.4 is 5.32 Å². The van der Waals surface area contributed by atoms with Crippen molar-refractivity contribution in [3.8, 4) is 0 Å². The van der Waals surface area contributed by atoms with Crippen LogP contribution >= 0.6 is 11.3 Å². The number of halogens is 3. The Morgan fingerprint density at radius 3 is 2.58 bits per heavy atom. The van der Waals surface area contributed by atoms with Crippen molar-refractivity contribution < 1.29 is 26.4 Å². The molecule has 3 aromatic rings. The number of nitrogens with one attached hydrogen (secondary N) is 1. The van der Waals surface area contributed by atoms with Crippen molar-refractivity contribution in [2.45, 2.75) is 23.8 Å². The Hall–Kier alpha value is -2.83. The second-order valence-corrected chi connectivity index (χ2v) is 9.60. The van der Waals surface area contributed by atoms with Crippen LogP contribution in [0, 0.1) is 17.5 Å². The molecule has 0 radical (unpaired) electrons. The average molecular weight is 468 g/mol. The van der Waals surface area contributed by atoms with Gasteiger partial charge in [0.25, 0.3) is 5.91 Å². The number of carbonyl (C=O) groups is 1. The Bertz CT molecular complexity index is 1250. The monoisotopic (exact) mass is 468 g/mol. The first-order valence-corrected chi connectivity index (χ1v) is 11.4. The van der Waals surface area contributed by atoms with E-state index in [0.29, 0.717) is 12.8 Å². The van der Waals surface area contributed by atoms with Gasteiger partial charge in [-0.25, -0.2) is 21.6 Å². The highest BCUT2D eigenvalue weighted by Crippen LogP contribution is 2.38. The van der Waals surface area contributed by atoms with Crippen LogP contribution in [0.15, 0.2) is 47.4 Å². The predicted molar refractivity (Wildman–Crippen MR) is 106 cm³/mol. The van der Waals surface area contributed by atoms with E-state index in [1.54, 1.807) is 0 Å². The molecule has 2 aromatic carbocycles. The van der Waals surface area contributed by atoms with Gasteiger partial charge in [-0.15, -0.1) is 10.2 Å². The SMILES string of the molecule is O=C(Nc1ccc(F)c(F)c1)c1nnc([C@H]2CCCN2S(=O)(=O)c2ccccc2F)s1. The molecule has 7 nitrogen and oxygen atoms in total. The van der Waals surface area contributed by atoms with E-state index in [-0.39, 0.29) is 22.2 Å². The summed E-state index contributed by atoms with van der Waals surface area (Å²) in [7, 11) is -4.12. The van der Waals surface area contributed by atoms with E-state index in [1.807, 2.05) is 0 Å². The molecule has 1 aromatic heterocycles. The van der Waals surface area contributed by atoms with E-state index in [0.717, 1.165) is 33.8 Å². The van der Waals surface area contributed by atoms with E-state index in [4.69, 9.17) is 0 Å². The fourth-order valence-corrected chi connectivity index (χ4v) is 5.95. The number of aromatic nitrogens is 2. The van der Waals surface area contributed by atoms with Crippen molar-refractivity contribution in [1.29, 1.82) is 0 Å². The molecule has 1 aliphatic heterocycles. The molecule has 0 saturated carbocycles. The van der Waals surface area contributed by atoms with Gasteiger partial charge in [0, 0.05) is 18.3 Å². The minimum atomic E-state index is -4.12. The van der Waals surface area contributed by atoms with E-state index in [1.165, 1.54) is 24.3 Å². The van der Waals surface area contributed by atoms with Crippen LogP contribution in [0.2, 0.25) is 0 Å². The highest BCUT2D eigenvalue weighted by atomic mass is 32.2. The van der Waals surface area contributed by atoms with Crippen molar-refractivity contribution in [2.75, 3.05) is 11.9 Å². The topological polar surface area (TPSA) is 92.3 Å². The maximum atomic E-state index is 14.1. The zero-order valence-electron chi connectivity index (χ0n) is 15.8. The molecule has 1 fully saturated rings. The molecule has 0 aliphatic carbocycles. The minimum absolute atomic E-state index is 0.0327.